The number of anilines is 1. The molecule has 2 aromatic rings. The zero-order valence-corrected chi connectivity index (χ0v) is 22.4. The molecule has 0 aromatic heterocycles. The molecule has 2 N–H and O–H groups in total. The van der Waals surface area contributed by atoms with Crippen molar-refractivity contribution in [1.82, 2.24) is 5.01 Å². The van der Waals surface area contributed by atoms with E-state index in [1.165, 1.54) is 23.7 Å². The summed E-state index contributed by atoms with van der Waals surface area (Å²) in [4.78, 5) is 27.9. The number of aliphatic imine (C=N–C) groups is 1. The molecule has 2 aromatic carbocycles. The standard InChI is InChI=1S/C27H29N5O5S/c1-5-35-23-15-18(14-21-24(28)32-27(30-25(21)34)38-26(31-32)16(2)3)6-11-22(23)37-13-12-36-20-9-7-19(8-10-20)29-17(4)33/h6-11,14-16,28H,5,12-13H2,1-4H3,(H,29,33)/b21-14-,28-24?. The highest BCUT2D eigenvalue weighted by Gasteiger charge is 2.36. The SMILES string of the molecule is CCOc1cc(/C=C2/C(=N)N3N=C(C(C)C)SC3=NC2=O)ccc1OCCOc1ccc(NC(C)=O)cc1. The molecule has 10 nitrogen and oxygen atoms in total. The highest BCUT2D eigenvalue weighted by molar-refractivity contribution is 8.27. The first-order valence-electron chi connectivity index (χ1n) is 12.2. The highest BCUT2D eigenvalue weighted by Crippen LogP contribution is 2.33. The van der Waals surface area contributed by atoms with Crippen molar-refractivity contribution in [3.63, 3.8) is 0 Å². The molecule has 0 fully saturated rings. The number of nitrogens with one attached hydrogen (secondary N) is 2. The number of nitrogens with zero attached hydrogens (tertiary/aromatic N) is 3. The number of hydrogen-bond donors (Lipinski definition) is 2. The van der Waals surface area contributed by atoms with Gasteiger partial charge < -0.3 is 19.5 Å². The molecular weight excluding hydrogens is 506 g/mol. The molecule has 0 unspecified atom stereocenters. The topological polar surface area (TPSA) is 126 Å². The zero-order valence-electron chi connectivity index (χ0n) is 21.6. The fraction of sp³-hybridized carbons (Fsp3) is 0.296. The Kier molecular flexibility index (Phi) is 8.47. The molecule has 0 atom stereocenters. The Labute approximate surface area is 225 Å². The number of carbonyl (C=O) groups is 2. The molecule has 0 spiro atoms. The summed E-state index contributed by atoms with van der Waals surface area (Å²) < 4.78 is 17.4. The van der Waals surface area contributed by atoms with Crippen molar-refractivity contribution >= 4 is 51.4 Å². The first-order chi connectivity index (χ1) is 18.2. The number of amidine groups is 2. The second-order valence-corrected chi connectivity index (χ2v) is 9.64. The van der Waals surface area contributed by atoms with Crippen LogP contribution in [0.5, 0.6) is 17.2 Å². The van der Waals surface area contributed by atoms with E-state index in [0.717, 1.165) is 5.04 Å². The Morgan fingerprint density at radius 3 is 2.53 bits per heavy atom. The van der Waals surface area contributed by atoms with Gasteiger partial charge in [0.05, 0.1) is 12.2 Å². The molecule has 2 aliphatic rings. The smallest absolute Gasteiger partial charge is 0.283 e. The largest absolute Gasteiger partial charge is 0.490 e. The quantitative estimate of drug-likeness (QED) is 0.331. The van der Waals surface area contributed by atoms with Gasteiger partial charge in [-0.25, -0.2) is 0 Å². The fourth-order valence-electron chi connectivity index (χ4n) is 3.56. The molecule has 0 saturated carbocycles. The Bertz CT molecular complexity index is 1330. The third kappa shape index (κ3) is 6.41. The number of amides is 2. The summed E-state index contributed by atoms with van der Waals surface area (Å²) in [7, 11) is 0. The van der Waals surface area contributed by atoms with Crippen molar-refractivity contribution in [1.29, 1.82) is 5.41 Å². The Balaban J connectivity index is 1.41. The lowest BCUT2D eigenvalue weighted by molar-refractivity contribution is -0.115. The average Bonchev–Trinajstić information content (AvgIpc) is 3.31. The van der Waals surface area contributed by atoms with E-state index in [0.29, 0.717) is 46.9 Å². The van der Waals surface area contributed by atoms with Gasteiger partial charge in [-0.1, -0.05) is 19.9 Å². The van der Waals surface area contributed by atoms with Crippen molar-refractivity contribution in [2.75, 3.05) is 25.1 Å². The first-order valence-corrected chi connectivity index (χ1v) is 13.0. The maximum Gasteiger partial charge on any atom is 0.283 e. The second-order valence-electron chi connectivity index (χ2n) is 8.65. The maximum atomic E-state index is 12.7. The van der Waals surface area contributed by atoms with Gasteiger partial charge in [0, 0.05) is 18.5 Å². The molecule has 2 heterocycles. The van der Waals surface area contributed by atoms with Crippen LogP contribution in [0.3, 0.4) is 0 Å². The van der Waals surface area contributed by atoms with E-state index in [4.69, 9.17) is 19.6 Å². The molecule has 0 aliphatic carbocycles. The number of fused-ring (bicyclic) bond motifs is 1. The summed E-state index contributed by atoms with van der Waals surface area (Å²) in [6.45, 7) is 8.33. The van der Waals surface area contributed by atoms with Crippen LogP contribution in [0.1, 0.15) is 33.3 Å². The van der Waals surface area contributed by atoms with Crippen LogP contribution in [0.15, 0.2) is 58.1 Å². The van der Waals surface area contributed by atoms with Crippen LogP contribution in [0, 0.1) is 11.3 Å². The maximum absolute atomic E-state index is 12.7. The summed E-state index contributed by atoms with van der Waals surface area (Å²) in [5.41, 5.74) is 1.52. The highest BCUT2D eigenvalue weighted by atomic mass is 32.2. The molecule has 38 heavy (non-hydrogen) atoms. The lowest BCUT2D eigenvalue weighted by Gasteiger charge is -2.20. The van der Waals surface area contributed by atoms with Crippen LogP contribution in [0.2, 0.25) is 0 Å². The van der Waals surface area contributed by atoms with Crippen LogP contribution >= 0.6 is 11.8 Å². The molecule has 2 aliphatic heterocycles. The number of rotatable bonds is 10. The predicted octanol–water partition coefficient (Wildman–Crippen LogP) is 4.78. The van der Waals surface area contributed by atoms with Gasteiger partial charge in [0.25, 0.3) is 5.91 Å². The van der Waals surface area contributed by atoms with Gasteiger partial charge in [-0.05, 0) is 66.7 Å². The van der Waals surface area contributed by atoms with Crippen LogP contribution < -0.4 is 19.5 Å². The monoisotopic (exact) mass is 535 g/mol. The predicted molar refractivity (Wildman–Crippen MR) is 149 cm³/mol. The van der Waals surface area contributed by atoms with E-state index in [-0.39, 0.29) is 29.8 Å². The summed E-state index contributed by atoms with van der Waals surface area (Å²) in [5.74, 6) is 1.25. The van der Waals surface area contributed by atoms with Crippen molar-refractivity contribution in [2.45, 2.75) is 27.7 Å². The van der Waals surface area contributed by atoms with Crippen LogP contribution in [-0.2, 0) is 9.59 Å². The fourth-order valence-corrected chi connectivity index (χ4v) is 4.45. The van der Waals surface area contributed by atoms with Crippen molar-refractivity contribution in [2.24, 2.45) is 16.0 Å². The van der Waals surface area contributed by atoms with Crippen molar-refractivity contribution in [3.8, 4) is 17.2 Å². The van der Waals surface area contributed by atoms with Gasteiger partial charge in [-0.3, -0.25) is 15.0 Å². The van der Waals surface area contributed by atoms with E-state index < -0.39 is 5.91 Å². The molecule has 0 saturated heterocycles. The Morgan fingerprint density at radius 1 is 1.11 bits per heavy atom. The minimum atomic E-state index is -0.477. The molecule has 0 bridgehead atoms. The van der Waals surface area contributed by atoms with Crippen LogP contribution in [0.4, 0.5) is 5.69 Å². The number of carbonyl (C=O) groups excluding carboxylic acids is 2. The van der Waals surface area contributed by atoms with Crippen LogP contribution in [0.25, 0.3) is 6.08 Å². The molecular formula is C27H29N5O5S. The lowest BCUT2D eigenvalue weighted by Crippen LogP contribution is -2.35. The van der Waals surface area contributed by atoms with Gasteiger partial charge in [0.1, 0.15) is 24.0 Å². The van der Waals surface area contributed by atoms with Gasteiger partial charge in [-0.15, -0.1) is 0 Å². The number of hydrogen-bond acceptors (Lipinski definition) is 8. The van der Waals surface area contributed by atoms with Crippen molar-refractivity contribution < 1.29 is 23.8 Å². The number of thioether (sulfide) groups is 1. The van der Waals surface area contributed by atoms with E-state index >= 15 is 0 Å². The summed E-state index contributed by atoms with van der Waals surface area (Å²) in [5, 5.41) is 18.3. The zero-order chi connectivity index (χ0) is 27.2. The minimum absolute atomic E-state index is 0.0105. The van der Waals surface area contributed by atoms with E-state index in [9.17, 15) is 9.59 Å². The number of benzene rings is 2. The third-order valence-corrected chi connectivity index (χ3v) is 6.54. The minimum Gasteiger partial charge on any atom is -0.490 e. The van der Waals surface area contributed by atoms with E-state index in [2.05, 4.69) is 15.4 Å². The molecule has 0 radical (unpaired) electrons. The van der Waals surface area contributed by atoms with Gasteiger partial charge in [-0.2, -0.15) is 15.1 Å². The van der Waals surface area contributed by atoms with Gasteiger partial charge in [0.15, 0.2) is 17.3 Å². The summed E-state index contributed by atoms with van der Waals surface area (Å²) in [6, 6.07) is 12.4. The average molecular weight is 536 g/mol. The molecule has 11 heteroatoms. The molecule has 2 amide bonds. The molecule has 4 rings (SSSR count). The normalized spacial score (nSPS) is 15.8. The van der Waals surface area contributed by atoms with E-state index in [1.54, 1.807) is 48.5 Å². The van der Waals surface area contributed by atoms with Crippen molar-refractivity contribution in [3.05, 3.63) is 53.6 Å². The lowest BCUT2D eigenvalue weighted by atomic mass is 10.1. The van der Waals surface area contributed by atoms with Gasteiger partial charge in [0.2, 0.25) is 11.1 Å². The second kappa shape index (κ2) is 12.0. The third-order valence-electron chi connectivity index (χ3n) is 5.33. The number of hydrazone groups is 1. The summed E-state index contributed by atoms with van der Waals surface area (Å²) in [6.07, 6.45) is 1.61. The number of ether oxygens (including phenoxy) is 3. The Morgan fingerprint density at radius 2 is 1.84 bits per heavy atom. The molecule has 198 valence electrons. The van der Waals surface area contributed by atoms with Gasteiger partial charge >= 0.3 is 0 Å². The van der Waals surface area contributed by atoms with Crippen LogP contribution in [-0.4, -0.2) is 52.7 Å². The summed E-state index contributed by atoms with van der Waals surface area (Å²) >= 11 is 1.32. The first kappa shape index (κ1) is 26.9. The van der Waals surface area contributed by atoms with E-state index in [1.807, 2.05) is 20.8 Å². The Hall–Kier alpha value is -4.12.